The number of aromatic amines is 1. The van der Waals surface area contributed by atoms with E-state index >= 15 is 0 Å². The van der Waals surface area contributed by atoms with Crippen LogP contribution in [0.4, 0.5) is 10.1 Å². The fraction of sp³-hybridized carbons (Fsp3) is 0.0588. The average Bonchev–Trinajstić information content (AvgIpc) is 2.89. The number of benzene rings is 2. The molecule has 1 amide bonds. The molecule has 1 aromatic heterocycles. The van der Waals surface area contributed by atoms with Gasteiger partial charge in [0.1, 0.15) is 11.5 Å². The first-order valence-electron chi connectivity index (χ1n) is 7.03. The van der Waals surface area contributed by atoms with Crippen molar-refractivity contribution in [1.29, 1.82) is 0 Å². The summed E-state index contributed by atoms with van der Waals surface area (Å²) < 4.78 is 13.0. The third-order valence-electron chi connectivity index (χ3n) is 3.57. The van der Waals surface area contributed by atoms with E-state index in [2.05, 4.69) is 10.3 Å². The lowest BCUT2D eigenvalue weighted by Gasteiger charge is -2.07. The zero-order valence-electron chi connectivity index (χ0n) is 12.3. The summed E-state index contributed by atoms with van der Waals surface area (Å²) in [5, 5.41) is 12.6. The first-order valence-corrected chi connectivity index (χ1v) is 7.41. The Morgan fingerprint density at radius 2 is 1.96 bits per heavy atom. The molecule has 1 heterocycles. The molecule has 24 heavy (non-hydrogen) atoms. The van der Waals surface area contributed by atoms with Crippen molar-refractivity contribution < 1.29 is 19.1 Å². The number of hydrogen-bond acceptors (Lipinski definition) is 2. The number of carbonyl (C=O) groups excluding carboxylic acids is 1. The van der Waals surface area contributed by atoms with E-state index in [1.165, 1.54) is 12.1 Å². The van der Waals surface area contributed by atoms with Crippen LogP contribution in [-0.2, 0) is 11.2 Å². The van der Waals surface area contributed by atoms with E-state index in [1.54, 1.807) is 24.3 Å². The van der Waals surface area contributed by atoms with E-state index in [-0.39, 0.29) is 22.8 Å². The Morgan fingerprint density at radius 3 is 2.67 bits per heavy atom. The minimum absolute atomic E-state index is 0.0310. The molecule has 0 radical (unpaired) electrons. The number of hydrogen-bond donors (Lipinski definition) is 3. The third-order valence-corrected chi connectivity index (χ3v) is 3.88. The Labute approximate surface area is 141 Å². The van der Waals surface area contributed by atoms with Crippen LogP contribution in [0.5, 0.6) is 0 Å². The topological polar surface area (TPSA) is 82.2 Å². The number of amides is 1. The molecule has 0 spiro atoms. The van der Waals surface area contributed by atoms with Gasteiger partial charge < -0.3 is 15.4 Å². The standard InChI is InChI=1S/C17H12ClFN2O3/c18-12-7-9(19)5-6-14(12)20-15(22)8-11-10-3-1-2-4-13(10)21-16(11)17(23)24/h1-7,21H,8H2,(H,20,22)(H,23,24). The predicted octanol–water partition coefficient (Wildman–Crippen LogP) is 3.84. The molecule has 0 aliphatic rings. The Kier molecular flexibility index (Phi) is 4.22. The average molecular weight is 347 g/mol. The number of nitrogens with one attached hydrogen (secondary N) is 2. The van der Waals surface area contributed by atoms with Crippen LogP contribution in [0.15, 0.2) is 42.5 Å². The number of carboxylic acid groups (broad SMARTS) is 1. The maximum absolute atomic E-state index is 13.0. The Balaban J connectivity index is 1.90. The SMILES string of the molecule is O=C(Cc1c(C(=O)O)[nH]c2ccccc12)Nc1ccc(F)cc1Cl. The van der Waals surface area contributed by atoms with Crippen molar-refractivity contribution >= 4 is 40.1 Å². The number of rotatable bonds is 4. The molecular formula is C17H12ClFN2O3. The number of carboxylic acids is 1. The highest BCUT2D eigenvalue weighted by Crippen LogP contribution is 2.25. The summed E-state index contributed by atoms with van der Waals surface area (Å²) >= 11 is 5.88. The van der Waals surface area contributed by atoms with Gasteiger partial charge in [-0.1, -0.05) is 29.8 Å². The second kappa shape index (κ2) is 6.33. The van der Waals surface area contributed by atoms with Gasteiger partial charge in [0, 0.05) is 16.5 Å². The van der Waals surface area contributed by atoms with E-state index in [4.69, 9.17) is 11.6 Å². The molecule has 5 nitrogen and oxygen atoms in total. The number of H-pyrrole nitrogens is 1. The van der Waals surface area contributed by atoms with E-state index in [0.29, 0.717) is 16.5 Å². The number of aromatic carboxylic acids is 1. The summed E-state index contributed by atoms with van der Waals surface area (Å²) in [6, 6.07) is 10.6. The lowest BCUT2D eigenvalue weighted by molar-refractivity contribution is -0.115. The maximum Gasteiger partial charge on any atom is 0.352 e. The van der Waals surface area contributed by atoms with Crippen LogP contribution in [-0.4, -0.2) is 22.0 Å². The highest BCUT2D eigenvalue weighted by Gasteiger charge is 2.19. The van der Waals surface area contributed by atoms with Crippen molar-refractivity contribution in [1.82, 2.24) is 4.98 Å². The van der Waals surface area contributed by atoms with Gasteiger partial charge in [-0.05, 0) is 24.3 Å². The lowest BCUT2D eigenvalue weighted by Crippen LogP contribution is -2.16. The van der Waals surface area contributed by atoms with E-state index < -0.39 is 17.7 Å². The quantitative estimate of drug-likeness (QED) is 0.671. The van der Waals surface area contributed by atoms with Crippen LogP contribution >= 0.6 is 11.6 Å². The number of carbonyl (C=O) groups is 2. The van der Waals surface area contributed by atoms with Crippen LogP contribution in [0.25, 0.3) is 10.9 Å². The maximum atomic E-state index is 13.0. The molecule has 122 valence electrons. The predicted molar refractivity (Wildman–Crippen MR) is 89.0 cm³/mol. The smallest absolute Gasteiger partial charge is 0.352 e. The molecule has 0 aliphatic carbocycles. The summed E-state index contributed by atoms with van der Waals surface area (Å²) in [7, 11) is 0. The van der Waals surface area contributed by atoms with E-state index in [9.17, 15) is 19.1 Å². The molecule has 7 heteroatoms. The molecule has 3 N–H and O–H groups in total. The second-order valence-electron chi connectivity index (χ2n) is 5.18. The van der Waals surface area contributed by atoms with Crippen LogP contribution in [0.1, 0.15) is 16.1 Å². The summed E-state index contributed by atoms with van der Waals surface area (Å²) in [5.74, 6) is -2.10. The van der Waals surface area contributed by atoms with Crippen LogP contribution in [0.2, 0.25) is 5.02 Å². The summed E-state index contributed by atoms with van der Waals surface area (Å²) in [5.41, 5.74) is 1.25. The lowest BCUT2D eigenvalue weighted by atomic mass is 10.1. The van der Waals surface area contributed by atoms with E-state index in [1.807, 2.05) is 0 Å². The van der Waals surface area contributed by atoms with Crippen molar-refractivity contribution in [3.8, 4) is 0 Å². The van der Waals surface area contributed by atoms with Crippen LogP contribution in [0, 0.1) is 5.82 Å². The first kappa shape index (κ1) is 16.0. The summed E-state index contributed by atoms with van der Waals surface area (Å²) in [4.78, 5) is 26.5. The Morgan fingerprint density at radius 1 is 1.21 bits per heavy atom. The van der Waals surface area contributed by atoms with Gasteiger partial charge in [0.15, 0.2) is 0 Å². The minimum atomic E-state index is -1.14. The molecule has 2 aromatic carbocycles. The fourth-order valence-electron chi connectivity index (χ4n) is 2.51. The van der Waals surface area contributed by atoms with Crippen molar-refractivity contribution in [2.75, 3.05) is 5.32 Å². The molecular weight excluding hydrogens is 335 g/mol. The number of halogens is 2. The number of fused-ring (bicyclic) bond motifs is 1. The monoisotopic (exact) mass is 346 g/mol. The van der Waals surface area contributed by atoms with Crippen molar-refractivity contribution in [3.05, 3.63) is 64.6 Å². The molecule has 0 bridgehead atoms. The number of anilines is 1. The highest BCUT2D eigenvalue weighted by molar-refractivity contribution is 6.33. The summed E-state index contributed by atoms with van der Waals surface area (Å²) in [6.45, 7) is 0. The Hall–Kier alpha value is -2.86. The highest BCUT2D eigenvalue weighted by atomic mass is 35.5. The van der Waals surface area contributed by atoms with Gasteiger partial charge >= 0.3 is 5.97 Å². The second-order valence-corrected chi connectivity index (χ2v) is 5.59. The largest absolute Gasteiger partial charge is 0.477 e. The van der Waals surface area contributed by atoms with Crippen molar-refractivity contribution in [3.63, 3.8) is 0 Å². The Bertz CT molecular complexity index is 952. The normalized spacial score (nSPS) is 10.8. The van der Waals surface area contributed by atoms with Gasteiger partial charge in [0.2, 0.25) is 5.91 Å². The van der Waals surface area contributed by atoms with E-state index in [0.717, 1.165) is 6.07 Å². The molecule has 0 saturated heterocycles. The first-order chi connectivity index (χ1) is 11.5. The molecule has 3 rings (SSSR count). The molecule has 0 saturated carbocycles. The molecule has 0 unspecified atom stereocenters. The molecule has 0 fully saturated rings. The molecule has 0 aliphatic heterocycles. The zero-order chi connectivity index (χ0) is 17.3. The van der Waals surface area contributed by atoms with Gasteiger partial charge in [-0.15, -0.1) is 0 Å². The van der Waals surface area contributed by atoms with Gasteiger partial charge in [-0.3, -0.25) is 4.79 Å². The minimum Gasteiger partial charge on any atom is -0.477 e. The van der Waals surface area contributed by atoms with Gasteiger partial charge in [0.05, 0.1) is 17.1 Å². The van der Waals surface area contributed by atoms with Crippen molar-refractivity contribution in [2.45, 2.75) is 6.42 Å². The summed E-state index contributed by atoms with van der Waals surface area (Å²) in [6.07, 6.45) is -0.153. The van der Waals surface area contributed by atoms with Gasteiger partial charge in [0.25, 0.3) is 0 Å². The number of para-hydroxylation sites is 1. The number of aromatic nitrogens is 1. The van der Waals surface area contributed by atoms with Gasteiger partial charge in [-0.25, -0.2) is 9.18 Å². The fourth-order valence-corrected chi connectivity index (χ4v) is 2.73. The van der Waals surface area contributed by atoms with Gasteiger partial charge in [-0.2, -0.15) is 0 Å². The molecule has 0 atom stereocenters. The third kappa shape index (κ3) is 3.09. The van der Waals surface area contributed by atoms with Crippen molar-refractivity contribution in [2.24, 2.45) is 0 Å². The molecule has 3 aromatic rings. The van der Waals surface area contributed by atoms with Crippen LogP contribution < -0.4 is 5.32 Å². The zero-order valence-corrected chi connectivity index (χ0v) is 13.0. The van der Waals surface area contributed by atoms with Crippen LogP contribution in [0.3, 0.4) is 0 Å².